The normalized spacial score (nSPS) is 10.3. The van der Waals surface area contributed by atoms with E-state index >= 15 is 0 Å². The number of carbonyl (C=O) groups is 1. The van der Waals surface area contributed by atoms with E-state index in [1.54, 1.807) is 12.1 Å². The number of hydrogen-bond donors (Lipinski definition) is 1. The van der Waals surface area contributed by atoms with Gasteiger partial charge in [0.05, 0.1) is 10.6 Å². The van der Waals surface area contributed by atoms with Gasteiger partial charge in [-0.05, 0) is 31.0 Å². The van der Waals surface area contributed by atoms with Crippen molar-refractivity contribution in [1.29, 1.82) is 0 Å². The van der Waals surface area contributed by atoms with Gasteiger partial charge in [0.1, 0.15) is 0 Å². The van der Waals surface area contributed by atoms with Crippen LogP contribution in [0.1, 0.15) is 37.0 Å². The number of anilines is 1. The monoisotopic (exact) mass is 255 g/mol. The Morgan fingerprint density at radius 1 is 1.29 bits per heavy atom. The largest absolute Gasteiger partial charge is 0.478 e. The lowest BCUT2D eigenvalue weighted by Crippen LogP contribution is -2.25. The lowest BCUT2D eigenvalue weighted by Gasteiger charge is -2.24. The highest BCUT2D eigenvalue weighted by atomic mass is 35.5. The summed E-state index contributed by atoms with van der Waals surface area (Å²) in [4.78, 5) is 13.2. The third-order valence-electron chi connectivity index (χ3n) is 2.53. The summed E-state index contributed by atoms with van der Waals surface area (Å²) in [6.45, 7) is 6.07. The predicted molar refractivity (Wildman–Crippen MR) is 71.2 cm³/mol. The van der Waals surface area contributed by atoms with Gasteiger partial charge in [-0.25, -0.2) is 4.79 Å². The van der Waals surface area contributed by atoms with Crippen LogP contribution >= 0.6 is 11.6 Å². The van der Waals surface area contributed by atoms with Gasteiger partial charge in [-0.15, -0.1) is 0 Å². The molecule has 1 N–H and O–H groups in total. The molecule has 1 aromatic carbocycles. The van der Waals surface area contributed by atoms with Gasteiger partial charge in [0.2, 0.25) is 0 Å². The third kappa shape index (κ3) is 3.63. The van der Waals surface area contributed by atoms with E-state index in [0.717, 1.165) is 31.6 Å². The molecule has 0 unspecified atom stereocenters. The molecule has 4 heteroatoms. The maximum Gasteiger partial charge on any atom is 0.337 e. The van der Waals surface area contributed by atoms with Crippen molar-refractivity contribution in [2.45, 2.75) is 26.7 Å². The number of halogens is 1. The van der Waals surface area contributed by atoms with Gasteiger partial charge in [-0.1, -0.05) is 25.4 Å². The fourth-order valence-corrected chi connectivity index (χ4v) is 1.98. The van der Waals surface area contributed by atoms with Crippen molar-refractivity contribution in [3.05, 3.63) is 28.8 Å². The number of rotatable bonds is 6. The van der Waals surface area contributed by atoms with Crippen molar-refractivity contribution < 1.29 is 9.90 Å². The Labute approximate surface area is 107 Å². The quantitative estimate of drug-likeness (QED) is 0.843. The average molecular weight is 256 g/mol. The Hall–Kier alpha value is -1.22. The number of nitrogens with zero attached hydrogens (tertiary/aromatic N) is 1. The summed E-state index contributed by atoms with van der Waals surface area (Å²) in [6, 6.07) is 5.18. The number of aromatic carboxylic acids is 1. The van der Waals surface area contributed by atoms with Crippen LogP contribution < -0.4 is 4.90 Å². The van der Waals surface area contributed by atoms with Gasteiger partial charge >= 0.3 is 5.97 Å². The molecule has 0 fully saturated rings. The smallest absolute Gasteiger partial charge is 0.337 e. The molecule has 0 bridgehead atoms. The van der Waals surface area contributed by atoms with E-state index in [9.17, 15) is 4.79 Å². The van der Waals surface area contributed by atoms with Crippen LogP contribution in [0, 0.1) is 0 Å². The second-order valence-electron chi connectivity index (χ2n) is 3.96. The molecule has 0 atom stereocenters. The Bertz CT molecular complexity index is 387. The van der Waals surface area contributed by atoms with Crippen molar-refractivity contribution in [3.8, 4) is 0 Å². The van der Waals surface area contributed by atoms with E-state index in [1.807, 2.05) is 6.07 Å². The molecule has 0 saturated carbocycles. The summed E-state index contributed by atoms with van der Waals surface area (Å²) in [6.07, 6.45) is 2.07. The van der Waals surface area contributed by atoms with E-state index in [1.165, 1.54) is 0 Å². The average Bonchev–Trinajstić information content (AvgIpc) is 2.29. The summed E-state index contributed by atoms with van der Waals surface area (Å²) in [5.41, 5.74) is 1.09. The molecule has 94 valence electrons. The molecule has 0 radical (unpaired) electrons. The summed E-state index contributed by atoms with van der Waals surface area (Å²) in [7, 11) is 0. The standard InChI is InChI=1S/C13H18ClNO2/c1-3-7-15(8-4-2)10-5-6-12(14)11(9-10)13(16)17/h5-6,9H,3-4,7-8H2,1-2H3,(H,16,17). The van der Waals surface area contributed by atoms with E-state index in [4.69, 9.17) is 16.7 Å². The number of carboxylic acid groups (broad SMARTS) is 1. The van der Waals surface area contributed by atoms with E-state index in [-0.39, 0.29) is 10.6 Å². The Morgan fingerprint density at radius 3 is 2.35 bits per heavy atom. The van der Waals surface area contributed by atoms with Gasteiger partial charge in [-0.2, -0.15) is 0 Å². The highest BCUT2D eigenvalue weighted by Crippen LogP contribution is 2.23. The Balaban J connectivity index is 3.03. The van der Waals surface area contributed by atoms with Crippen LogP contribution in [0.15, 0.2) is 18.2 Å². The second-order valence-corrected chi connectivity index (χ2v) is 4.36. The van der Waals surface area contributed by atoms with Gasteiger partial charge in [0, 0.05) is 18.8 Å². The van der Waals surface area contributed by atoms with Gasteiger partial charge < -0.3 is 10.0 Å². The van der Waals surface area contributed by atoms with Gasteiger partial charge in [0.25, 0.3) is 0 Å². The SMILES string of the molecule is CCCN(CCC)c1ccc(Cl)c(C(=O)O)c1. The second kappa shape index (κ2) is 6.50. The van der Waals surface area contributed by atoms with Crippen LogP contribution in [-0.4, -0.2) is 24.2 Å². The topological polar surface area (TPSA) is 40.5 Å². The fourth-order valence-electron chi connectivity index (χ4n) is 1.78. The third-order valence-corrected chi connectivity index (χ3v) is 2.86. The zero-order chi connectivity index (χ0) is 12.8. The van der Waals surface area contributed by atoms with Crippen LogP contribution in [0.2, 0.25) is 5.02 Å². The van der Waals surface area contributed by atoms with Gasteiger partial charge in [0.15, 0.2) is 0 Å². The molecular weight excluding hydrogens is 238 g/mol. The molecule has 3 nitrogen and oxygen atoms in total. The van der Waals surface area contributed by atoms with E-state index < -0.39 is 5.97 Å². The molecular formula is C13H18ClNO2. The zero-order valence-corrected chi connectivity index (χ0v) is 11.0. The summed E-state index contributed by atoms with van der Waals surface area (Å²) in [5, 5.41) is 9.32. The van der Waals surface area contributed by atoms with Crippen molar-refractivity contribution in [2.24, 2.45) is 0 Å². The molecule has 0 saturated heterocycles. The maximum atomic E-state index is 11.0. The summed E-state index contributed by atoms with van der Waals surface area (Å²) in [5.74, 6) is -0.982. The van der Waals surface area contributed by atoms with E-state index in [2.05, 4.69) is 18.7 Å². The lowest BCUT2D eigenvalue weighted by atomic mass is 10.1. The Kier molecular flexibility index (Phi) is 5.29. The lowest BCUT2D eigenvalue weighted by molar-refractivity contribution is 0.0697. The molecule has 0 aromatic heterocycles. The molecule has 0 amide bonds. The number of benzene rings is 1. The molecule has 1 aromatic rings. The molecule has 0 aliphatic rings. The molecule has 0 aliphatic heterocycles. The van der Waals surface area contributed by atoms with Crippen LogP contribution in [0.3, 0.4) is 0 Å². The van der Waals surface area contributed by atoms with Gasteiger partial charge in [-0.3, -0.25) is 0 Å². The highest BCUT2D eigenvalue weighted by Gasteiger charge is 2.12. The van der Waals surface area contributed by atoms with Crippen molar-refractivity contribution >= 4 is 23.3 Å². The minimum atomic E-state index is -0.982. The van der Waals surface area contributed by atoms with Crippen LogP contribution in [0.25, 0.3) is 0 Å². The first-order valence-electron chi connectivity index (χ1n) is 5.88. The van der Waals surface area contributed by atoms with Crippen LogP contribution in [0.5, 0.6) is 0 Å². The Morgan fingerprint density at radius 2 is 1.88 bits per heavy atom. The summed E-state index contributed by atoms with van der Waals surface area (Å²) < 4.78 is 0. The zero-order valence-electron chi connectivity index (χ0n) is 10.2. The molecule has 1 rings (SSSR count). The molecule has 0 aliphatic carbocycles. The first-order valence-corrected chi connectivity index (χ1v) is 6.25. The molecule has 0 spiro atoms. The van der Waals surface area contributed by atoms with Crippen molar-refractivity contribution in [2.75, 3.05) is 18.0 Å². The van der Waals surface area contributed by atoms with Crippen molar-refractivity contribution in [1.82, 2.24) is 0 Å². The molecule has 0 heterocycles. The summed E-state index contributed by atoms with van der Waals surface area (Å²) >= 11 is 5.85. The molecule has 17 heavy (non-hydrogen) atoms. The van der Waals surface area contributed by atoms with Crippen LogP contribution in [-0.2, 0) is 0 Å². The van der Waals surface area contributed by atoms with Crippen molar-refractivity contribution in [3.63, 3.8) is 0 Å². The predicted octanol–water partition coefficient (Wildman–Crippen LogP) is 3.66. The minimum absolute atomic E-state index is 0.168. The van der Waals surface area contributed by atoms with Crippen LogP contribution in [0.4, 0.5) is 5.69 Å². The minimum Gasteiger partial charge on any atom is -0.478 e. The van der Waals surface area contributed by atoms with E-state index in [0.29, 0.717) is 0 Å². The number of hydrogen-bond acceptors (Lipinski definition) is 2. The number of carboxylic acids is 1. The first-order chi connectivity index (χ1) is 8.10. The maximum absolute atomic E-state index is 11.0. The highest BCUT2D eigenvalue weighted by molar-refractivity contribution is 6.33. The fraction of sp³-hybridized carbons (Fsp3) is 0.462. The first kappa shape index (κ1) is 13.8.